The molecule has 0 aliphatic carbocycles. The Bertz CT molecular complexity index is 1010. The van der Waals surface area contributed by atoms with Gasteiger partial charge in [-0.15, -0.1) is 0 Å². The second-order valence-electron chi connectivity index (χ2n) is 9.13. The van der Waals surface area contributed by atoms with Crippen molar-refractivity contribution in [1.82, 2.24) is 5.32 Å². The van der Waals surface area contributed by atoms with Crippen LogP contribution in [0.4, 0.5) is 0 Å². The van der Waals surface area contributed by atoms with E-state index in [2.05, 4.69) is 5.32 Å². The molecule has 1 aliphatic rings. The molecule has 2 atom stereocenters. The summed E-state index contributed by atoms with van der Waals surface area (Å²) in [4.78, 5) is 37.3. The van der Waals surface area contributed by atoms with Gasteiger partial charge in [0.1, 0.15) is 0 Å². The number of amides is 2. The first kappa shape index (κ1) is 23.7. The smallest absolute Gasteiger partial charge is 0.336 e. The van der Waals surface area contributed by atoms with Crippen molar-refractivity contribution in [3.63, 3.8) is 0 Å². The summed E-state index contributed by atoms with van der Waals surface area (Å²) in [6.07, 6.45) is -2.76. The Morgan fingerprint density at radius 2 is 1.81 bits per heavy atom. The SMILES string of the molecule is CC1(C)OCC(C)(C)[C@H](C(=O)OC(CC(N)=O)C(=O)NCc2cccc3ccccc23)O1. The van der Waals surface area contributed by atoms with Gasteiger partial charge in [0.15, 0.2) is 18.0 Å². The summed E-state index contributed by atoms with van der Waals surface area (Å²) in [6.45, 7) is 7.48. The van der Waals surface area contributed by atoms with Crippen LogP contribution in [0, 0.1) is 5.41 Å². The van der Waals surface area contributed by atoms with Crippen LogP contribution in [-0.2, 0) is 35.1 Å². The van der Waals surface area contributed by atoms with Crippen LogP contribution in [0.5, 0.6) is 0 Å². The van der Waals surface area contributed by atoms with E-state index in [1.54, 1.807) is 27.7 Å². The number of carbonyl (C=O) groups is 3. The monoisotopic (exact) mass is 442 g/mol. The minimum absolute atomic E-state index is 0.208. The highest BCUT2D eigenvalue weighted by atomic mass is 16.7. The van der Waals surface area contributed by atoms with Crippen LogP contribution in [0.3, 0.4) is 0 Å². The lowest BCUT2D eigenvalue weighted by molar-refractivity contribution is -0.309. The minimum atomic E-state index is -1.36. The summed E-state index contributed by atoms with van der Waals surface area (Å²) < 4.78 is 16.8. The molecule has 8 heteroatoms. The number of nitrogens with one attached hydrogen (secondary N) is 1. The summed E-state index contributed by atoms with van der Waals surface area (Å²) in [6, 6.07) is 13.6. The zero-order valence-electron chi connectivity index (χ0n) is 18.8. The molecule has 0 radical (unpaired) electrons. The highest BCUT2D eigenvalue weighted by Crippen LogP contribution is 2.35. The van der Waals surface area contributed by atoms with Crippen molar-refractivity contribution in [2.24, 2.45) is 11.1 Å². The van der Waals surface area contributed by atoms with Gasteiger partial charge in [0.05, 0.1) is 13.0 Å². The van der Waals surface area contributed by atoms with Crippen molar-refractivity contribution >= 4 is 28.6 Å². The third-order valence-electron chi connectivity index (χ3n) is 5.39. The van der Waals surface area contributed by atoms with E-state index in [4.69, 9.17) is 19.9 Å². The zero-order valence-corrected chi connectivity index (χ0v) is 18.8. The summed E-state index contributed by atoms with van der Waals surface area (Å²) >= 11 is 0. The summed E-state index contributed by atoms with van der Waals surface area (Å²) in [7, 11) is 0. The molecule has 8 nitrogen and oxygen atoms in total. The van der Waals surface area contributed by atoms with Crippen LogP contribution in [-0.4, -0.2) is 42.4 Å². The highest BCUT2D eigenvalue weighted by molar-refractivity contribution is 5.90. The third kappa shape index (κ3) is 5.63. The van der Waals surface area contributed by atoms with Crippen molar-refractivity contribution in [2.45, 2.75) is 58.7 Å². The largest absolute Gasteiger partial charge is 0.450 e. The van der Waals surface area contributed by atoms with Crippen molar-refractivity contribution in [3.8, 4) is 0 Å². The maximum absolute atomic E-state index is 12.9. The van der Waals surface area contributed by atoms with Gasteiger partial charge < -0.3 is 25.3 Å². The average molecular weight is 443 g/mol. The highest BCUT2D eigenvalue weighted by Gasteiger charge is 2.47. The third-order valence-corrected chi connectivity index (χ3v) is 5.39. The maximum atomic E-state index is 12.9. The van der Waals surface area contributed by atoms with E-state index in [0.29, 0.717) is 0 Å². The standard InChI is InChI=1S/C24H30N2O6/c1-23(2)14-30-24(3,4)32-20(23)22(29)31-18(12-19(25)27)21(28)26-13-16-10-7-9-15-8-5-6-11-17(15)16/h5-11,18,20H,12-14H2,1-4H3,(H2,25,27)(H,26,28)/t18?,20-/m0/s1. The second-order valence-corrected chi connectivity index (χ2v) is 9.13. The number of ether oxygens (including phenoxy) is 3. The van der Waals surface area contributed by atoms with E-state index in [9.17, 15) is 14.4 Å². The number of hydrogen-bond donors (Lipinski definition) is 2. The summed E-state index contributed by atoms with van der Waals surface area (Å²) in [5.41, 5.74) is 5.52. The van der Waals surface area contributed by atoms with Gasteiger partial charge in [0.25, 0.3) is 5.91 Å². The van der Waals surface area contributed by atoms with E-state index in [1.165, 1.54) is 0 Å². The molecule has 1 unspecified atom stereocenters. The van der Waals surface area contributed by atoms with Gasteiger partial charge in [-0.2, -0.15) is 0 Å². The Morgan fingerprint density at radius 3 is 2.53 bits per heavy atom. The molecule has 1 heterocycles. The minimum Gasteiger partial charge on any atom is -0.450 e. The van der Waals surface area contributed by atoms with Gasteiger partial charge in [-0.05, 0) is 30.2 Å². The van der Waals surface area contributed by atoms with Gasteiger partial charge in [0, 0.05) is 12.0 Å². The van der Waals surface area contributed by atoms with E-state index in [-0.39, 0.29) is 13.2 Å². The number of nitrogens with two attached hydrogens (primary N) is 1. The van der Waals surface area contributed by atoms with Crippen molar-refractivity contribution in [1.29, 1.82) is 0 Å². The van der Waals surface area contributed by atoms with Crippen molar-refractivity contribution < 1.29 is 28.6 Å². The lowest BCUT2D eigenvalue weighted by Crippen LogP contribution is -2.55. The first-order valence-electron chi connectivity index (χ1n) is 10.5. The first-order valence-corrected chi connectivity index (χ1v) is 10.5. The molecule has 1 saturated heterocycles. The van der Waals surface area contributed by atoms with Crippen molar-refractivity contribution in [3.05, 3.63) is 48.0 Å². The number of hydrogen-bond acceptors (Lipinski definition) is 6. The number of benzene rings is 2. The van der Waals surface area contributed by atoms with Crippen LogP contribution in [0.1, 0.15) is 39.7 Å². The molecule has 0 spiro atoms. The Morgan fingerprint density at radius 1 is 1.12 bits per heavy atom. The van der Waals surface area contributed by atoms with Gasteiger partial charge in [-0.25, -0.2) is 4.79 Å². The molecule has 2 amide bonds. The molecular weight excluding hydrogens is 412 g/mol. The number of rotatable bonds is 7. The normalized spacial score (nSPS) is 20.3. The van der Waals surface area contributed by atoms with Gasteiger partial charge in [-0.1, -0.05) is 56.3 Å². The van der Waals surface area contributed by atoms with E-state index in [0.717, 1.165) is 16.3 Å². The fraction of sp³-hybridized carbons (Fsp3) is 0.458. The summed E-state index contributed by atoms with van der Waals surface area (Å²) in [5, 5.41) is 4.79. The quantitative estimate of drug-likeness (QED) is 0.636. The lowest BCUT2D eigenvalue weighted by Gasteiger charge is -2.44. The summed E-state index contributed by atoms with van der Waals surface area (Å²) in [5.74, 6) is -3.07. The van der Waals surface area contributed by atoms with Crippen molar-refractivity contribution in [2.75, 3.05) is 6.61 Å². The predicted molar refractivity (Wildman–Crippen MR) is 118 cm³/mol. The topological polar surface area (TPSA) is 117 Å². The van der Waals surface area contributed by atoms with E-state index in [1.807, 2.05) is 42.5 Å². The van der Waals surface area contributed by atoms with Crippen LogP contribution in [0.15, 0.2) is 42.5 Å². The number of fused-ring (bicyclic) bond motifs is 1. The number of primary amides is 1. The fourth-order valence-corrected chi connectivity index (χ4v) is 3.60. The molecule has 1 aliphatic heterocycles. The second kappa shape index (κ2) is 9.26. The molecule has 3 N–H and O–H groups in total. The molecule has 2 aromatic carbocycles. The lowest BCUT2D eigenvalue weighted by atomic mass is 9.86. The Labute approximate surface area is 187 Å². The molecule has 3 rings (SSSR count). The van der Waals surface area contributed by atoms with Crippen LogP contribution < -0.4 is 11.1 Å². The van der Waals surface area contributed by atoms with Gasteiger partial charge >= 0.3 is 5.97 Å². The van der Waals surface area contributed by atoms with Crippen LogP contribution in [0.2, 0.25) is 0 Å². The molecule has 0 aromatic heterocycles. The Hall–Kier alpha value is -2.97. The van der Waals surface area contributed by atoms with Gasteiger partial charge in [0.2, 0.25) is 5.91 Å². The fourth-order valence-electron chi connectivity index (χ4n) is 3.60. The Balaban J connectivity index is 1.72. The molecular formula is C24H30N2O6. The Kier molecular flexibility index (Phi) is 6.85. The van der Waals surface area contributed by atoms with Crippen LogP contribution >= 0.6 is 0 Å². The van der Waals surface area contributed by atoms with Gasteiger partial charge in [-0.3, -0.25) is 9.59 Å². The predicted octanol–water partition coefficient (Wildman–Crippen LogP) is 2.42. The molecule has 1 fully saturated rings. The number of esters is 1. The maximum Gasteiger partial charge on any atom is 0.336 e. The molecule has 0 bridgehead atoms. The average Bonchev–Trinajstić information content (AvgIpc) is 2.73. The zero-order chi connectivity index (χ0) is 23.5. The molecule has 172 valence electrons. The first-order chi connectivity index (χ1) is 15.0. The van der Waals surface area contributed by atoms with Crippen LogP contribution in [0.25, 0.3) is 10.8 Å². The van der Waals surface area contributed by atoms with E-state index >= 15 is 0 Å². The number of carbonyl (C=O) groups excluding carboxylic acids is 3. The molecule has 2 aromatic rings. The molecule has 32 heavy (non-hydrogen) atoms. The molecule has 0 saturated carbocycles. The van der Waals surface area contributed by atoms with E-state index < -0.39 is 47.6 Å².